The van der Waals surface area contributed by atoms with E-state index in [-0.39, 0.29) is 0 Å². The third kappa shape index (κ3) is 3.83. The van der Waals surface area contributed by atoms with Gasteiger partial charge in [0.1, 0.15) is 0 Å². The predicted octanol–water partition coefficient (Wildman–Crippen LogP) is 1.43. The van der Waals surface area contributed by atoms with Crippen LogP contribution in [0.3, 0.4) is 0 Å². The maximum Gasteiger partial charge on any atom is -0.0251 e. The van der Waals surface area contributed by atoms with Gasteiger partial charge in [0.25, 0.3) is 0 Å². The Labute approximate surface area is 40.0 Å². The standard InChI is InChI=1S/C5H10S/c1-5-6(2,3)4/h5H,1-3H2,4H3. The average molecular weight is 102 g/mol. The molecule has 0 aliphatic rings. The summed E-state index contributed by atoms with van der Waals surface area (Å²) in [7, 11) is -0.898. The highest BCUT2D eigenvalue weighted by Gasteiger charge is 1.67. The molecule has 0 bridgehead atoms. The van der Waals surface area contributed by atoms with Gasteiger partial charge in [-0.3, -0.25) is 0 Å². The lowest BCUT2D eigenvalue weighted by molar-refractivity contribution is 2.44. The molecular weight excluding hydrogens is 92.1 g/mol. The highest BCUT2D eigenvalue weighted by Crippen LogP contribution is 2.10. The Kier molecular flexibility index (Phi) is 1.48. The van der Waals surface area contributed by atoms with Crippen molar-refractivity contribution < 1.29 is 0 Å². The van der Waals surface area contributed by atoms with Gasteiger partial charge in [-0.25, -0.2) is 0 Å². The quantitative estimate of drug-likeness (QED) is 0.439. The third-order valence-corrected chi connectivity index (χ3v) is 1.21. The molecule has 0 aromatic heterocycles. The van der Waals surface area contributed by atoms with E-state index in [1.54, 1.807) is 5.41 Å². The van der Waals surface area contributed by atoms with Crippen molar-refractivity contribution in [2.24, 2.45) is 0 Å². The Morgan fingerprint density at radius 1 is 1.50 bits per heavy atom. The van der Waals surface area contributed by atoms with Crippen LogP contribution in [-0.2, 0) is 0 Å². The van der Waals surface area contributed by atoms with E-state index in [9.17, 15) is 0 Å². The normalized spacial score (nSPS) is 10.8. The van der Waals surface area contributed by atoms with Crippen LogP contribution in [0.25, 0.3) is 0 Å². The lowest BCUT2D eigenvalue weighted by atomic mass is 11.3. The summed E-state index contributed by atoms with van der Waals surface area (Å²) in [5.41, 5.74) is 0. The van der Waals surface area contributed by atoms with Crippen LogP contribution in [0.15, 0.2) is 12.0 Å². The summed E-state index contributed by atoms with van der Waals surface area (Å²) in [6.45, 7) is 3.54. The fourth-order valence-corrected chi connectivity index (χ4v) is 0. The molecule has 0 heterocycles. The van der Waals surface area contributed by atoms with E-state index in [2.05, 4.69) is 18.3 Å². The Morgan fingerprint density at radius 2 is 1.67 bits per heavy atom. The van der Waals surface area contributed by atoms with Crippen LogP contribution < -0.4 is 0 Å². The van der Waals surface area contributed by atoms with E-state index in [0.717, 1.165) is 0 Å². The summed E-state index contributed by atoms with van der Waals surface area (Å²) in [6, 6.07) is 0. The Bertz CT molecular complexity index is 114. The summed E-state index contributed by atoms with van der Waals surface area (Å²) < 4.78 is 0. The maximum atomic E-state index is 3.74. The molecule has 0 atom stereocenters. The molecule has 0 amide bonds. The molecule has 1 heteroatoms. The summed E-state index contributed by atoms with van der Waals surface area (Å²) >= 11 is 0. The molecule has 0 fully saturated rings. The molecule has 0 saturated heterocycles. The highest BCUT2D eigenvalue weighted by molar-refractivity contribution is 8.29. The number of rotatable bonds is 1. The van der Waals surface area contributed by atoms with Gasteiger partial charge in [0.2, 0.25) is 0 Å². The van der Waals surface area contributed by atoms with E-state index in [1.165, 1.54) is 0 Å². The molecule has 0 aliphatic heterocycles. The monoisotopic (exact) mass is 102 g/mol. The largest absolute Gasteiger partial charge is 0.198 e. The Morgan fingerprint density at radius 3 is 1.67 bits per heavy atom. The van der Waals surface area contributed by atoms with E-state index in [1.807, 2.05) is 6.26 Å². The minimum Gasteiger partial charge on any atom is -0.198 e. The van der Waals surface area contributed by atoms with Crippen LogP contribution in [-0.4, -0.2) is 18.0 Å². The van der Waals surface area contributed by atoms with Crippen molar-refractivity contribution in [3.63, 3.8) is 0 Å². The summed E-state index contributed by atoms with van der Waals surface area (Å²) in [6.07, 6.45) is 1.99. The van der Waals surface area contributed by atoms with Crippen LogP contribution in [0.2, 0.25) is 0 Å². The first-order chi connectivity index (χ1) is 2.56. The molecule has 0 spiro atoms. The second-order valence-corrected chi connectivity index (χ2v) is 4.55. The van der Waals surface area contributed by atoms with E-state index >= 15 is 0 Å². The molecule has 0 radical (unpaired) electrons. The second kappa shape index (κ2) is 1.52. The van der Waals surface area contributed by atoms with Crippen molar-refractivity contribution in [2.45, 2.75) is 0 Å². The molecule has 0 aromatic rings. The highest BCUT2D eigenvalue weighted by atomic mass is 32.2. The molecule has 0 N–H and O–H groups in total. The van der Waals surface area contributed by atoms with E-state index in [0.29, 0.717) is 0 Å². The van der Waals surface area contributed by atoms with Gasteiger partial charge in [0.15, 0.2) is 0 Å². The van der Waals surface area contributed by atoms with Crippen LogP contribution in [0.5, 0.6) is 0 Å². The topological polar surface area (TPSA) is 0 Å². The minimum absolute atomic E-state index is 0.898. The molecule has 0 aliphatic carbocycles. The van der Waals surface area contributed by atoms with Gasteiger partial charge in [-0.05, 0) is 11.7 Å². The van der Waals surface area contributed by atoms with Gasteiger partial charge in [-0.15, -0.1) is 0 Å². The molecule has 0 nitrogen and oxygen atoms in total. The minimum atomic E-state index is -0.898. The first-order valence-corrected chi connectivity index (χ1v) is 4.07. The van der Waals surface area contributed by atoms with Gasteiger partial charge in [-0.2, -0.15) is 9.21 Å². The smallest absolute Gasteiger partial charge is 0.0251 e. The van der Waals surface area contributed by atoms with Crippen LogP contribution in [0.1, 0.15) is 0 Å². The molecule has 0 rings (SSSR count). The van der Waals surface area contributed by atoms with Crippen molar-refractivity contribution in [3.8, 4) is 0 Å². The van der Waals surface area contributed by atoms with Crippen molar-refractivity contribution in [1.82, 2.24) is 0 Å². The second-order valence-electron chi connectivity index (χ2n) is 1.52. The number of hydrogen-bond acceptors (Lipinski definition) is 0. The molecule has 36 valence electrons. The lowest BCUT2D eigenvalue weighted by Crippen LogP contribution is -1.56. The van der Waals surface area contributed by atoms with Gasteiger partial charge in [0.05, 0.1) is 0 Å². The van der Waals surface area contributed by atoms with Gasteiger partial charge in [0, 0.05) is 0 Å². The zero-order valence-electron chi connectivity index (χ0n) is 4.11. The fraction of sp³-hybridized carbons (Fsp3) is 0.200. The summed E-state index contributed by atoms with van der Waals surface area (Å²) in [5, 5.41) is 1.80. The van der Waals surface area contributed by atoms with E-state index < -0.39 is 9.21 Å². The molecule has 6 heavy (non-hydrogen) atoms. The fourth-order valence-electron chi connectivity index (χ4n) is 0. The predicted molar refractivity (Wildman–Crippen MR) is 38.0 cm³/mol. The molecule has 0 aromatic carbocycles. The van der Waals surface area contributed by atoms with Gasteiger partial charge >= 0.3 is 0 Å². The Hall–Kier alpha value is -0.170. The zero-order chi connectivity index (χ0) is 5.21. The molecular formula is C5H10S. The van der Waals surface area contributed by atoms with Gasteiger partial charge < -0.3 is 0 Å². The van der Waals surface area contributed by atoms with Crippen molar-refractivity contribution in [3.05, 3.63) is 12.0 Å². The zero-order valence-corrected chi connectivity index (χ0v) is 4.92. The van der Waals surface area contributed by atoms with Crippen molar-refractivity contribution in [1.29, 1.82) is 0 Å². The van der Waals surface area contributed by atoms with Crippen LogP contribution >= 0.6 is 9.21 Å². The summed E-state index contributed by atoms with van der Waals surface area (Å²) in [5.74, 6) is 7.49. The average Bonchev–Trinajstić information content (AvgIpc) is 1.35. The maximum absolute atomic E-state index is 3.74. The SMILES string of the molecule is C=CS(=C)(=C)C. The molecule has 0 unspecified atom stereocenters. The van der Waals surface area contributed by atoms with Crippen molar-refractivity contribution in [2.75, 3.05) is 6.26 Å². The van der Waals surface area contributed by atoms with Crippen molar-refractivity contribution >= 4 is 20.9 Å². The van der Waals surface area contributed by atoms with Crippen LogP contribution in [0, 0.1) is 0 Å². The molecule has 0 saturated carbocycles. The Balaban J connectivity index is 4.25. The first kappa shape index (κ1) is 5.83. The third-order valence-electron chi connectivity index (χ3n) is 0.402. The van der Waals surface area contributed by atoms with E-state index in [4.69, 9.17) is 0 Å². The van der Waals surface area contributed by atoms with Gasteiger partial charge in [-0.1, -0.05) is 18.3 Å². The summed E-state index contributed by atoms with van der Waals surface area (Å²) in [4.78, 5) is 0. The lowest BCUT2D eigenvalue weighted by Gasteiger charge is -1.91. The first-order valence-electron chi connectivity index (χ1n) is 1.63. The van der Waals surface area contributed by atoms with Crippen LogP contribution in [0.4, 0.5) is 0 Å². The number of hydrogen-bond donors (Lipinski definition) is 0.